The van der Waals surface area contributed by atoms with Gasteiger partial charge >= 0.3 is 0 Å². The molecule has 2 aliphatic rings. The van der Waals surface area contributed by atoms with Gasteiger partial charge in [0.25, 0.3) is 0 Å². The highest BCUT2D eigenvalue weighted by atomic mass is 35.5. The summed E-state index contributed by atoms with van der Waals surface area (Å²) >= 11 is 0. The van der Waals surface area contributed by atoms with Crippen molar-refractivity contribution in [2.75, 3.05) is 11.5 Å². The molecule has 0 amide bonds. The highest BCUT2D eigenvalue weighted by Gasteiger charge is 2.30. The SMILES string of the molecule is Nc1c2c([nH+]c3ccccc13)CCCC2CCCCCCCCCCCCC1CCCc2[nH+]c3ccccc3c(N)c21.[Cl-].[Cl-]. The van der Waals surface area contributed by atoms with Crippen LogP contribution in [0.5, 0.6) is 0 Å². The van der Waals surface area contributed by atoms with E-state index >= 15 is 0 Å². The lowest BCUT2D eigenvalue weighted by molar-refractivity contribution is -0.360. The van der Waals surface area contributed by atoms with Crippen LogP contribution >= 0.6 is 0 Å². The van der Waals surface area contributed by atoms with Crippen molar-refractivity contribution < 1.29 is 34.8 Å². The van der Waals surface area contributed by atoms with Gasteiger partial charge in [0.2, 0.25) is 11.0 Å². The van der Waals surface area contributed by atoms with Crippen LogP contribution in [0.15, 0.2) is 48.5 Å². The summed E-state index contributed by atoms with van der Waals surface area (Å²) in [4.78, 5) is 7.41. The number of nitrogen functional groups attached to an aromatic ring is 2. The van der Waals surface area contributed by atoms with Crippen LogP contribution in [0.25, 0.3) is 21.8 Å². The summed E-state index contributed by atoms with van der Waals surface area (Å²) in [6, 6.07) is 17.0. The molecule has 2 unspecified atom stereocenters. The van der Waals surface area contributed by atoms with Crippen molar-refractivity contribution in [1.29, 1.82) is 0 Å². The topological polar surface area (TPSA) is 80.3 Å². The van der Waals surface area contributed by atoms with Crippen molar-refractivity contribution in [3.63, 3.8) is 0 Å². The number of fused-ring (bicyclic) bond motifs is 4. The number of H-pyrrole nitrogens is 2. The number of para-hydroxylation sites is 2. The third kappa shape index (κ3) is 7.80. The predicted octanol–water partition coefficient (Wildman–Crippen LogP) is 3.01. The lowest BCUT2D eigenvalue weighted by atomic mass is 9.80. The smallest absolute Gasteiger partial charge is 0.213 e. The largest absolute Gasteiger partial charge is 1.00 e. The van der Waals surface area contributed by atoms with Crippen LogP contribution in [0.1, 0.15) is 137 Å². The monoisotopic (exact) mass is 634 g/mol. The molecule has 4 nitrogen and oxygen atoms in total. The van der Waals surface area contributed by atoms with Crippen LogP contribution in [-0.4, -0.2) is 0 Å². The third-order valence-electron chi connectivity index (χ3n) is 10.4. The van der Waals surface area contributed by atoms with Gasteiger partial charge in [0.1, 0.15) is 0 Å². The number of aryl methyl sites for hydroxylation is 2. The Labute approximate surface area is 277 Å². The average molecular weight is 636 g/mol. The highest BCUT2D eigenvalue weighted by molar-refractivity contribution is 5.90. The number of halogens is 2. The van der Waals surface area contributed by atoms with E-state index in [2.05, 4.69) is 58.5 Å². The molecule has 4 aromatic rings. The van der Waals surface area contributed by atoms with Gasteiger partial charge in [-0.2, -0.15) is 0 Å². The zero-order chi connectivity index (χ0) is 28.7. The molecule has 0 spiro atoms. The van der Waals surface area contributed by atoms with Crippen molar-refractivity contribution in [3.05, 3.63) is 71.0 Å². The van der Waals surface area contributed by atoms with Gasteiger partial charge in [-0.1, -0.05) is 88.5 Å². The van der Waals surface area contributed by atoms with Crippen molar-refractivity contribution in [2.45, 2.75) is 127 Å². The van der Waals surface area contributed by atoms with E-state index in [0.717, 1.165) is 24.2 Å². The summed E-state index contributed by atoms with van der Waals surface area (Å²) in [7, 11) is 0. The van der Waals surface area contributed by atoms with Gasteiger partial charge in [0.15, 0.2) is 11.4 Å². The standard InChI is InChI=1S/C38H50N4.2ClH/c39-37-29-21-11-13-23-31(29)41-33-25-15-19-27(35(33)37)17-9-7-5-3-1-2-4-6-8-10-18-28-20-16-26-34-36(28)38(40)30-22-12-14-24-32(30)42-34;;/h11-14,21-24,27-28H,1-10,15-20,25-26H2,(H2,39,41)(H2,40,42);2*1H. The Morgan fingerprint density at radius 2 is 0.886 bits per heavy atom. The molecule has 2 aromatic carbocycles. The first-order valence-electron chi connectivity index (χ1n) is 17.1. The fourth-order valence-electron chi connectivity index (χ4n) is 8.17. The van der Waals surface area contributed by atoms with Crippen LogP contribution in [0, 0.1) is 0 Å². The maximum absolute atomic E-state index is 6.71. The van der Waals surface area contributed by atoms with Gasteiger partial charge in [-0.05, 0) is 62.5 Å². The number of aromatic amines is 2. The molecule has 2 aromatic heterocycles. The molecule has 0 fully saturated rings. The number of rotatable bonds is 13. The van der Waals surface area contributed by atoms with Gasteiger partial charge in [0.05, 0.1) is 22.1 Å². The lowest BCUT2D eigenvalue weighted by Gasteiger charge is -2.24. The number of nitrogens with one attached hydrogen (secondary N) is 2. The van der Waals surface area contributed by atoms with E-state index in [4.69, 9.17) is 11.5 Å². The van der Waals surface area contributed by atoms with E-state index in [-0.39, 0.29) is 24.8 Å². The van der Waals surface area contributed by atoms with Crippen LogP contribution in [0.4, 0.5) is 11.4 Å². The second-order valence-corrected chi connectivity index (χ2v) is 13.2. The summed E-state index contributed by atoms with van der Waals surface area (Å²) in [6.07, 6.45) is 23.7. The van der Waals surface area contributed by atoms with E-state index in [1.807, 2.05) is 0 Å². The summed E-state index contributed by atoms with van der Waals surface area (Å²) in [5.74, 6) is 1.26. The Morgan fingerprint density at radius 1 is 0.523 bits per heavy atom. The Kier molecular flexibility index (Phi) is 13.0. The fraction of sp³-hybridized carbons (Fsp3) is 0.526. The Balaban J connectivity index is 0.00000221. The highest BCUT2D eigenvalue weighted by Crippen LogP contribution is 2.40. The van der Waals surface area contributed by atoms with Crippen LogP contribution in [0.2, 0.25) is 0 Å². The molecule has 0 bridgehead atoms. The fourth-order valence-corrected chi connectivity index (χ4v) is 8.17. The Hall–Kier alpha value is -2.56. The molecule has 238 valence electrons. The number of nitrogens with two attached hydrogens (primary N) is 2. The first-order chi connectivity index (χ1) is 20.7. The number of benzene rings is 2. The number of hydrogen-bond acceptors (Lipinski definition) is 2. The molecule has 2 atom stereocenters. The van der Waals surface area contributed by atoms with Crippen LogP contribution < -0.4 is 46.2 Å². The van der Waals surface area contributed by atoms with Gasteiger partial charge in [-0.25, -0.2) is 9.97 Å². The second kappa shape index (κ2) is 16.7. The Bertz CT molecular complexity index is 1390. The molecule has 6 rings (SSSR count). The van der Waals surface area contributed by atoms with Gasteiger partial charge in [-0.3, -0.25) is 0 Å². The van der Waals surface area contributed by atoms with Gasteiger partial charge < -0.3 is 36.3 Å². The zero-order valence-electron chi connectivity index (χ0n) is 26.4. The molecule has 2 heterocycles. The van der Waals surface area contributed by atoms with Gasteiger partial charge in [0, 0.05) is 36.1 Å². The van der Waals surface area contributed by atoms with Crippen LogP contribution in [0.3, 0.4) is 0 Å². The minimum atomic E-state index is 0. The van der Waals surface area contributed by atoms with E-state index in [9.17, 15) is 0 Å². The first kappa shape index (κ1) is 34.3. The predicted molar refractivity (Wildman–Crippen MR) is 177 cm³/mol. The molecule has 0 aliphatic heterocycles. The van der Waals surface area contributed by atoms with Crippen molar-refractivity contribution >= 4 is 33.2 Å². The minimum absolute atomic E-state index is 0. The molecule has 0 saturated heterocycles. The van der Waals surface area contributed by atoms with E-state index < -0.39 is 0 Å². The molecule has 0 radical (unpaired) electrons. The van der Waals surface area contributed by atoms with Gasteiger partial charge in [-0.15, -0.1) is 0 Å². The summed E-state index contributed by atoms with van der Waals surface area (Å²) in [6.45, 7) is 0. The van der Waals surface area contributed by atoms with Crippen molar-refractivity contribution in [1.82, 2.24) is 0 Å². The van der Waals surface area contributed by atoms with E-state index in [0.29, 0.717) is 11.8 Å². The number of unbranched alkanes of at least 4 members (excludes halogenated alkanes) is 9. The van der Waals surface area contributed by atoms with Crippen molar-refractivity contribution in [3.8, 4) is 0 Å². The molecule has 44 heavy (non-hydrogen) atoms. The number of pyridine rings is 2. The van der Waals surface area contributed by atoms with E-state index in [1.165, 1.54) is 147 Å². The summed E-state index contributed by atoms with van der Waals surface area (Å²) in [5.41, 5.74) is 23.5. The lowest BCUT2D eigenvalue weighted by Crippen LogP contribution is -3.00. The van der Waals surface area contributed by atoms with Crippen molar-refractivity contribution in [2.24, 2.45) is 0 Å². The maximum Gasteiger partial charge on any atom is 0.213 e. The quantitative estimate of drug-likeness (QED) is 0.222. The molecular formula is C38H52Cl2N4. The molecule has 6 heteroatoms. The summed E-state index contributed by atoms with van der Waals surface area (Å²) < 4.78 is 0. The van der Waals surface area contributed by atoms with Crippen LogP contribution in [-0.2, 0) is 12.8 Å². The minimum Gasteiger partial charge on any atom is -1.00 e. The van der Waals surface area contributed by atoms with E-state index in [1.54, 1.807) is 0 Å². The Morgan fingerprint density at radius 3 is 1.30 bits per heavy atom. The molecular weight excluding hydrogens is 583 g/mol. The number of hydrogen-bond donors (Lipinski definition) is 2. The average Bonchev–Trinajstić information content (AvgIpc) is 3.01. The normalized spacial score (nSPS) is 17.5. The molecule has 0 saturated carbocycles. The zero-order valence-corrected chi connectivity index (χ0v) is 27.9. The maximum atomic E-state index is 6.71. The molecule has 2 aliphatic carbocycles. The molecule has 6 N–H and O–H groups in total. The first-order valence-corrected chi connectivity index (χ1v) is 17.1. The summed E-state index contributed by atoms with van der Waals surface area (Å²) in [5, 5.41) is 2.39. The number of anilines is 2. The second-order valence-electron chi connectivity index (χ2n) is 13.2. The third-order valence-corrected chi connectivity index (χ3v) is 10.4. The number of aromatic nitrogens is 2.